The predicted octanol–water partition coefficient (Wildman–Crippen LogP) is -0.150. The SMILES string of the molecule is CC(O)CCNC(=O)c1cnc2n(c1=O)CCS2. The second-order valence-corrected chi connectivity index (χ2v) is 5.22. The summed E-state index contributed by atoms with van der Waals surface area (Å²) in [6, 6.07) is 0. The van der Waals surface area contributed by atoms with Gasteiger partial charge in [0.05, 0.1) is 6.10 Å². The van der Waals surface area contributed by atoms with E-state index in [4.69, 9.17) is 5.11 Å². The molecule has 2 N–H and O–H groups in total. The molecule has 1 aromatic rings. The lowest BCUT2D eigenvalue weighted by atomic mass is 10.2. The number of aromatic nitrogens is 2. The first kappa shape index (κ1) is 13.1. The van der Waals surface area contributed by atoms with Crippen molar-refractivity contribution in [3.8, 4) is 0 Å². The van der Waals surface area contributed by atoms with Crippen LogP contribution in [-0.2, 0) is 6.54 Å². The summed E-state index contributed by atoms with van der Waals surface area (Å²) >= 11 is 1.51. The number of carbonyl (C=O) groups excluding carboxylic acids is 1. The maximum atomic E-state index is 12.0. The largest absolute Gasteiger partial charge is 0.393 e. The van der Waals surface area contributed by atoms with Crippen molar-refractivity contribution in [3.63, 3.8) is 0 Å². The number of aliphatic hydroxyl groups excluding tert-OH is 1. The molecule has 0 bridgehead atoms. The molecule has 0 fully saturated rings. The zero-order valence-electron chi connectivity index (χ0n) is 10.0. The van der Waals surface area contributed by atoms with Gasteiger partial charge < -0.3 is 10.4 Å². The molecule has 1 aliphatic heterocycles. The number of thioether (sulfide) groups is 1. The molecule has 98 valence electrons. The number of aliphatic hydroxyl groups is 1. The van der Waals surface area contributed by atoms with E-state index < -0.39 is 12.0 Å². The molecular formula is C11H15N3O3S. The van der Waals surface area contributed by atoms with Crippen molar-refractivity contribution in [2.75, 3.05) is 12.3 Å². The summed E-state index contributed by atoms with van der Waals surface area (Å²) in [6.07, 6.45) is 1.31. The Bertz CT molecular complexity index is 513. The number of nitrogens with zero attached hydrogens (tertiary/aromatic N) is 2. The molecule has 0 aliphatic carbocycles. The molecule has 6 nitrogen and oxygen atoms in total. The molecule has 2 rings (SSSR count). The maximum Gasteiger partial charge on any atom is 0.267 e. The van der Waals surface area contributed by atoms with Gasteiger partial charge >= 0.3 is 0 Å². The third-order valence-corrected chi connectivity index (χ3v) is 3.62. The number of fused-ring (bicyclic) bond motifs is 1. The molecule has 1 aliphatic rings. The Labute approximate surface area is 108 Å². The van der Waals surface area contributed by atoms with E-state index >= 15 is 0 Å². The van der Waals surface area contributed by atoms with Crippen LogP contribution in [0.3, 0.4) is 0 Å². The van der Waals surface area contributed by atoms with Gasteiger partial charge in [-0.2, -0.15) is 0 Å². The third-order valence-electron chi connectivity index (χ3n) is 2.65. The van der Waals surface area contributed by atoms with Crippen LogP contribution < -0.4 is 10.9 Å². The summed E-state index contributed by atoms with van der Waals surface area (Å²) in [5.41, 5.74) is -0.230. The van der Waals surface area contributed by atoms with Crippen molar-refractivity contribution in [1.82, 2.24) is 14.9 Å². The minimum Gasteiger partial charge on any atom is -0.393 e. The van der Waals surface area contributed by atoms with Gasteiger partial charge in [0.25, 0.3) is 11.5 Å². The molecule has 0 radical (unpaired) electrons. The number of hydrogen-bond donors (Lipinski definition) is 2. The molecule has 0 aromatic carbocycles. The third kappa shape index (κ3) is 2.73. The van der Waals surface area contributed by atoms with E-state index in [-0.39, 0.29) is 11.1 Å². The van der Waals surface area contributed by atoms with Gasteiger partial charge in [-0.05, 0) is 13.3 Å². The molecule has 1 aromatic heterocycles. The van der Waals surface area contributed by atoms with E-state index in [0.717, 1.165) is 5.75 Å². The van der Waals surface area contributed by atoms with Crippen molar-refractivity contribution in [2.45, 2.75) is 31.1 Å². The Morgan fingerprint density at radius 3 is 3.22 bits per heavy atom. The fraction of sp³-hybridized carbons (Fsp3) is 0.545. The Balaban J connectivity index is 2.10. The highest BCUT2D eigenvalue weighted by atomic mass is 32.2. The van der Waals surface area contributed by atoms with E-state index in [1.165, 1.54) is 22.5 Å². The van der Waals surface area contributed by atoms with E-state index in [9.17, 15) is 9.59 Å². The van der Waals surface area contributed by atoms with Crippen LogP contribution in [0.2, 0.25) is 0 Å². The topological polar surface area (TPSA) is 84.2 Å². The van der Waals surface area contributed by atoms with E-state index in [2.05, 4.69) is 10.3 Å². The highest BCUT2D eigenvalue weighted by molar-refractivity contribution is 7.99. The quantitative estimate of drug-likeness (QED) is 0.743. The second-order valence-electron chi connectivity index (χ2n) is 4.15. The highest BCUT2D eigenvalue weighted by Crippen LogP contribution is 2.20. The van der Waals surface area contributed by atoms with Gasteiger partial charge in [0, 0.05) is 25.0 Å². The number of rotatable bonds is 4. The normalized spacial score (nSPS) is 15.2. The number of carbonyl (C=O) groups is 1. The van der Waals surface area contributed by atoms with E-state index in [0.29, 0.717) is 24.7 Å². The van der Waals surface area contributed by atoms with Gasteiger partial charge in [0.15, 0.2) is 5.16 Å². The molecule has 2 heterocycles. The molecule has 0 saturated heterocycles. The lowest BCUT2D eigenvalue weighted by Gasteiger charge is -2.07. The summed E-state index contributed by atoms with van der Waals surface area (Å²) < 4.78 is 1.52. The minimum absolute atomic E-state index is 0.0619. The highest BCUT2D eigenvalue weighted by Gasteiger charge is 2.19. The fourth-order valence-corrected chi connectivity index (χ4v) is 2.58. The molecule has 0 saturated carbocycles. The fourth-order valence-electron chi connectivity index (χ4n) is 1.66. The van der Waals surface area contributed by atoms with Gasteiger partial charge in [-0.15, -0.1) is 0 Å². The molecule has 0 spiro atoms. The zero-order valence-corrected chi connectivity index (χ0v) is 10.9. The monoisotopic (exact) mass is 269 g/mol. The van der Waals surface area contributed by atoms with Crippen LogP contribution in [0.15, 0.2) is 16.1 Å². The molecule has 18 heavy (non-hydrogen) atoms. The van der Waals surface area contributed by atoms with Crippen LogP contribution in [0.5, 0.6) is 0 Å². The number of nitrogens with one attached hydrogen (secondary N) is 1. The zero-order chi connectivity index (χ0) is 13.1. The van der Waals surface area contributed by atoms with Crippen molar-refractivity contribution < 1.29 is 9.90 Å². The molecular weight excluding hydrogens is 254 g/mol. The van der Waals surface area contributed by atoms with Crippen molar-refractivity contribution in [2.24, 2.45) is 0 Å². The average Bonchev–Trinajstić information content (AvgIpc) is 2.77. The van der Waals surface area contributed by atoms with Gasteiger partial charge in [-0.1, -0.05) is 11.8 Å². The average molecular weight is 269 g/mol. The van der Waals surface area contributed by atoms with Crippen LogP contribution in [-0.4, -0.2) is 39.0 Å². The minimum atomic E-state index is -0.471. The lowest BCUT2D eigenvalue weighted by molar-refractivity contribution is 0.0942. The van der Waals surface area contributed by atoms with Crippen molar-refractivity contribution in [1.29, 1.82) is 0 Å². The summed E-state index contributed by atoms with van der Waals surface area (Å²) in [5, 5.41) is 12.4. The van der Waals surface area contributed by atoms with E-state index in [1.54, 1.807) is 6.92 Å². The first-order valence-corrected chi connectivity index (χ1v) is 6.77. The van der Waals surface area contributed by atoms with Gasteiger partial charge in [-0.3, -0.25) is 14.2 Å². The smallest absolute Gasteiger partial charge is 0.267 e. The Hall–Kier alpha value is -1.34. The maximum absolute atomic E-state index is 12.0. The first-order valence-electron chi connectivity index (χ1n) is 5.78. The first-order chi connectivity index (χ1) is 8.59. The van der Waals surface area contributed by atoms with Crippen molar-refractivity contribution >= 4 is 17.7 Å². The Kier molecular flexibility index (Phi) is 4.03. The standard InChI is InChI=1S/C11H15N3O3S/c1-7(15)2-3-12-9(16)8-6-13-11-14(10(8)17)4-5-18-11/h6-7,15H,2-5H2,1H3,(H,12,16). The number of hydrogen-bond acceptors (Lipinski definition) is 5. The summed E-state index contributed by atoms with van der Waals surface area (Å²) in [5.74, 6) is 0.385. The van der Waals surface area contributed by atoms with Gasteiger partial charge in [-0.25, -0.2) is 4.98 Å². The van der Waals surface area contributed by atoms with Crippen LogP contribution >= 0.6 is 11.8 Å². The Morgan fingerprint density at radius 1 is 1.72 bits per heavy atom. The molecule has 1 unspecified atom stereocenters. The van der Waals surface area contributed by atoms with Crippen LogP contribution in [0.1, 0.15) is 23.7 Å². The van der Waals surface area contributed by atoms with E-state index in [1.807, 2.05) is 0 Å². The lowest BCUT2D eigenvalue weighted by Crippen LogP contribution is -2.34. The van der Waals surface area contributed by atoms with Crippen LogP contribution in [0, 0.1) is 0 Å². The van der Waals surface area contributed by atoms with Crippen LogP contribution in [0.25, 0.3) is 0 Å². The molecule has 7 heteroatoms. The second kappa shape index (κ2) is 5.53. The molecule has 1 amide bonds. The van der Waals surface area contributed by atoms with Gasteiger partial charge in [0.1, 0.15) is 5.56 Å². The predicted molar refractivity (Wildman–Crippen MR) is 67.9 cm³/mol. The summed E-state index contributed by atoms with van der Waals surface area (Å²) in [4.78, 5) is 27.9. The Morgan fingerprint density at radius 2 is 2.50 bits per heavy atom. The summed E-state index contributed by atoms with van der Waals surface area (Å²) in [6.45, 7) is 2.59. The number of amides is 1. The van der Waals surface area contributed by atoms with Crippen molar-refractivity contribution in [3.05, 3.63) is 22.1 Å². The van der Waals surface area contributed by atoms with Crippen LogP contribution in [0.4, 0.5) is 0 Å². The molecule has 1 atom stereocenters. The van der Waals surface area contributed by atoms with Gasteiger partial charge in [0.2, 0.25) is 0 Å². The summed E-state index contributed by atoms with van der Waals surface area (Å²) in [7, 11) is 0.